The summed E-state index contributed by atoms with van der Waals surface area (Å²) in [5.41, 5.74) is 0.333. The fourth-order valence-corrected chi connectivity index (χ4v) is 4.01. The standard InChI is InChI=1S/C25H21F3N6O3S/c1-37-20-7-5-18(6-8-20)30-22(36)15-38-24-32-23(16-9-11-29-12-10-16)33-34(24)14-21(35)31-19-4-2-3-17(13-19)25(26,27)28/h2-13H,14-15H2,1H3,(H,30,36)(H,31,35). The third-order valence-corrected chi connectivity index (χ3v) is 6.02. The molecular weight excluding hydrogens is 521 g/mol. The first-order valence-corrected chi connectivity index (χ1v) is 12.1. The lowest BCUT2D eigenvalue weighted by Gasteiger charge is -2.10. The zero-order valence-electron chi connectivity index (χ0n) is 19.9. The van der Waals surface area contributed by atoms with Gasteiger partial charge in [-0.25, -0.2) is 9.67 Å². The van der Waals surface area contributed by atoms with E-state index in [1.165, 1.54) is 16.8 Å². The first-order chi connectivity index (χ1) is 18.2. The van der Waals surface area contributed by atoms with Crippen LogP contribution in [0.15, 0.2) is 78.2 Å². The van der Waals surface area contributed by atoms with Crippen LogP contribution in [0.25, 0.3) is 11.4 Å². The van der Waals surface area contributed by atoms with Crippen molar-refractivity contribution in [3.63, 3.8) is 0 Å². The molecule has 0 aliphatic heterocycles. The summed E-state index contributed by atoms with van der Waals surface area (Å²) in [5, 5.41) is 9.86. The van der Waals surface area contributed by atoms with Gasteiger partial charge >= 0.3 is 6.18 Å². The minimum absolute atomic E-state index is 0.00706. The average Bonchev–Trinajstić information content (AvgIpc) is 3.30. The number of alkyl halides is 3. The molecule has 0 fully saturated rings. The van der Waals surface area contributed by atoms with Gasteiger partial charge in [0.15, 0.2) is 11.0 Å². The number of hydrogen-bond donors (Lipinski definition) is 2. The van der Waals surface area contributed by atoms with Crippen LogP contribution in [0.4, 0.5) is 24.5 Å². The Labute approximate surface area is 219 Å². The first-order valence-electron chi connectivity index (χ1n) is 11.1. The van der Waals surface area contributed by atoms with Crippen LogP contribution in [-0.4, -0.2) is 44.4 Å². The second kappa shape index (κ2) is 11.8. The van der Waals surface area contributed by atoms with Crippen molar-refractivity contribution in [1.82, 2.24) is 19.7 Å². The minimum Gasteiger partial charge on any atom is -0.497 e. The van der Waals surface area contributed by atoms with Crippen molar-refractivity contribution in [3.05, 3.63) is 78.6 Å². The van der Waals surface area contributed by atoms with Gasteiger partial charge in [0.05, 0.1) is 18.4 Å². The average molecular weight is 543 g/mol. The molecule has 0 aliphatic rings. The number of thioether (sulfide) groups is 1. The maximum atomic E-state index is 13.0. The van der Waals surface area contributed by atoms with E-state index in [1.54, 1.807) is 55.9 Å². The third-order valence-electron chi connectivity index (χ3n) is 5.05. The molecule has 0 atom stereocenters. The lowest BCUT2D eigenvalue weighted by molar-refractivity contribution is -0.137. The Morgan fingerprint density at radius 2 is 1.68 bits per heavy atom. The van der Waals surface area contributed by atoms with Crippen molar-refractivity contribution in [1.29, 1.82) is 0 Å². The van der Waals surface area contributed by atoms with Crippen LogP contribution < -0.4 is 15.4 Å². The normalized spacial score (nSPS) is 11.2. The summed E-state index contributed by atoms with van der Waals surface area (Å²) in [5.74, 6) is -0.000980. The Bertz CT molecular complexity index is 1410. The lowest BCUT2D eigenvalue weighted by atomic mass is 10.2. The quantitative estimate of drug-likeness (QED) is 0.294. The van der Waals surface area contributed by atoms with Gasteiger partial charge in [0.2, 0.25) is 11.8 Å². The number of halogens is 3. The number of nitrogens with zero attached hydrogens (tertiary/aromatic N) is 4. The molecule has 2 N–H and O–H groups in total. The van der Waals surface area contributed by atoms with E-state index in [1.807, 2.05) is 0 Å². The highest BCUT2D eigenvalue weighted by Gasteiger charge is 2.30. The van der Waals surface area contributed by atoms with Gasteiger partial charge in [-0.15, -0.1) is 5.10 Å². The van der Waals surface area contributed by atoms with Crippen molar-refractivity contribution in [3.8, 4) is 17.1 Å². The summed E-state index contributed by atoms with van der Waals surface area (Å²) >= 11 is 1.06. The molecule has 0 unspecified atom stereocenters. The number of benzene rings is 2. The van der Waals surface area contributed by atoms with Crippen LogP contribution in [0.3, 0.4) is 0 Å². The number of amides is 2. The van der Waals surface area contributed by atoms with Crippen LogP contribution in [0.5, 0.6) is 5.75 Å². The van der Waals surface area contributed by atoms with Crippen molar-refractivity contribution in [2.45, 2.75) is 17.9 Å². The molecule has 4 aromatic rings. The summed E-state index contributed by atoms with van der Waals surface area (Å²) < 4.78 is 45.4. The zero-order valence-corrected chi connectivity index (χ0v) is 20.7. The fourth-order valence-electron chi connectivity index (χ4n) is 3.27. The van der Waals surface area contributed by atoms with E-state index in [0.29, 0.717) is 22.8 Å². The number of methoxy groups -OCH3 is 1. The molecule has 0 spiro atoms. The van der Waals surface area contributed by atoms with Crippen molar-refractivity contribution >= 4 is 35.0 Å². The molecule has 0 radical (unpaired) electrons. The van der Waals surface area contributed by atoms with E-state index in [4.69, 9.17) is 4.74 Å². The minimum atomic E-state index is -4.54. The summed E-state index contributed by atoms with van der Waals surface area (Å²) in [6, 6.07) is 14.5. The molecule has 2 heterocycles. The second-order valence-electron chi connectivity index (χ2n) is 7.80. The Kier molecular flexibility index (Phi) is 8.26. The topological polar surface area (TPSA) is 111 Å². The van der Waals surface area contributed by atoms with Gasteiger partial charge in [-0.05, 0) is 54.6 Å². The van der Waals surface area contributed by atoms with Gasteiger partial charge in [-0.3, -0.25) is 14.6 Å². The van der Waals surface area contributed by atoms with Gasteiger partial charge in [0.1, 0.15) is 12.3 Å². The van der Waals surface area contributed by atoms with Crippen LogP contribution in [0.1, 0.15) is 5.56 Å². The van der Waals surface area contributed by atoms with Crippen molar-refractivity contribution in [2.24, 2.45) is 0 Å². The van der Waals surface area contributed by atoms with Gasteiger partial charge in [-0.1, -0.05) is 17.8 Å². The monoisotopic (exact) mass is 542 g/mol. The number of carbonyl (C=O) groups is 2. The number of ether oxygens (including phenoxy) is 1. The Morgan fingerprint density at radius 3 is 2.37 bits per heavy atom. The SMILES string of the molecule is COc1ccc(NC(=O)CSc2nc(-c3ccncc3)nn2CC(=O)Nc2cccc(C(F)(F)F)c2)cc1. The molecule has 9 nitrogen and oxygen atoms in total. The molecule has 2 aromatic carbocycles. The molecule has 0 aliphatic carbocycles. The van der Waals surface area contributed by atoms with Crippen LogP contribution in [0.2, 0.25) is 0 Å². The number of aromatic nitrogens is 4. The highest BCUT2D eigenvalue weighted by Crippen LogP contribution is 2.30. The summed E-state index contributed by atoms with van der Waals surface area (Å²) in [6.07, 6.45) is -1.42. The molecule has 0 bridgehead atoms. The van der Waals surface area contributed by atoms with Gasteiger partial charge < -0.3 is 15.4 Å². The van der Waals surface area contributed by atoms with E-state index in [-0.39, 0.29) is 29.0 Å². The second-order valence-corrected chi connectivity index (χ2v) is 8.75. The Hall–Kier alpha value is -4.39. The van der Waals surface area contributed by atoms with Gasteiger partial charge in [-0.2, -0.15) is 13.2 Å². The number of rotatable bonds is 9. The predicted molar refractivity (Wildman–Crippen MR) is 136 cm³/mol. The van der Waals surface area contributed by atoms with Gasteiger partial charge in [0.25, 0.3) is 0 Å². The van der Waals surface area contributed by atoms with Gasteiger partial charge in [0, 0.05) is 29.3 Å². The summed E-state index contributed by atoms with van der Waals surface area (Å²) in [4.78, 5) is 33.6. The number of carbonyl (C=O) groups excluding carboxylic acids is 2. The number of pyridine rings is 1. The maximum absolute atomic E-state index is 13.0. The highest BCUT2D eigenvalue weighted by molar-refractivity contribution is 7.99. The molecule has 38 heavy (non-hydrogen) atoms. The zero-order chi connectivity index (χ0) is 27.1. The molecule has 13 heteroatoms. The Balaban J connectivity index is 1.47. The van der Waals surface area contributed by atoms with E-state index in [0.717, 1.165) is 23.9 Å². The maximum Gasteiger partial charge on any atom is 0.416 e. The molecule has 196 valence electrons. The van der Waals surface area contributed by atoms with Crippen LogP contribution in [0, 0.1) is 0 Å². The van der Waals surface area contributed by atoms with E-state index in [9.17, 15) is 22.8 Å². The van der Waals surface area contributed by atoms with Crippen LogP contribution >= 0.6 is 11.8 Å². The molecule has 2 aromatic heterocycles. The van der Waals surface area contributed by atoms with E-state index in [2.05, 4.69) is 25.7 Å². The smallest absolute Gasteiger partial charge is 0.416 e. The first kappa shape index (κ1) is 26.7. The van der Waals surface area contributed by atoms with Crippen molar-refractivity contribution in [2.75, 3.05) is 23.5 Å². The largest absolute Gasteiger partial charge is 0.497 e. The van der Waals surface area contributed by atoms with Crippen LogP contribution in [-0.2, 0) is 22.3 Å². The number of anilines is 2. The third kappa shape index (κ3) is 7.09. The molecule has 2 amide bonds. The highest BCUT2D eigenvalue weighted by atomic mass is 32.2. The predicted octanol–water partition coefficient (Wildman–Crippen LogP) is 4.74. The van der Waals surface area contributed by atoms with E-state index < -0.39 is 17.6 Å². The molecule has 0 saturated carbocycles. The van der Waals surface area contributed by atoms with E-state index >= 15 is 0 Å². The summed E-state index contributed by atoms with van der Waals surface area (Å²) in [6.45, 7) is -0.337. The Morgan fingerprint density at radius 1 is 0.974 bits per heavy atom. The number of nitrogens with one attached hydrogen (secondary N) is 2. The summed E-state index contributed by atoms with van der Waals surface area (Å²) in [7, 11) is 1.54. The number of hydrogen-bond acceptors (Lipinski definition) is 7. The lowest BCUT2D eigenvalue weighted by Crippen LogP contribution is -2.21. The fraction of sp³-hybridized carbons (Fsp3) is 0.160. The molecular formula is C25H21F3N6O3S. The molecule has 0 saturated heterocycles. The molecule has 4 rings (SSSR count). The van der Waals surface area contributed by atoms with Crippen molar-refractivity contribution < 1.29 is 27.5 Å².